The van der Waals surface area contributed by atoms with Gasteiger partial charge < -0.3 is 0 Å². The quantitative estimate of drug-likeness (QED) is 0.761. The molecule has 16 heavy (non-hydrogen) atoms. The van der Waals surface area contributed by atoms with E-state index in [0.717, 1.165) is 12.1 Å². The van der Waals surface area contributed by atoms with Gasteiger partial charge in [-0.1, -0.05) is 18.2 Å². The van der Waals surface area contributed by atoms with Crippen LogP contribution in [0.2, 0.25) is 0 Å². The van der Waals surface area contributed by atoms with Crippen molar-refractivity contribution in [1.29, 1.82) is 0 Å². The van der Waals surface area contributed by atoms with Crippen molar-refractivity contribution in [3.05, 3.63) is 42.1 Å². The van der Waals surface area contributed by atoms with E-state index >= 15 is 0 Å². The molecule has 1 aromatic heterocycles. The molecule has 0 bridgehead atoms. The highest BCUT2D eigenvalue weighted by Gasteiger charge is 2.12. The van der Waals surface area contributed by atoms with Crippen LogP contribution in [-0.2, 0) is 6.54 Å². The van der Waals surface area contributed by atoms with Gasteiger partial charge in [-0.05, 0) is 43.6 Å². The first-order valence-corrected chi connectivity index (χ1v) is 5.98. The zero-order chi connectivity index (χ0) is 10.8. The van der Waals surface area contributed by atoms with Crippen LogP contribution < -0.4 is 0 Å². The summed E-state index contributed by atoms with van der Waals surface area (Å²) in [5.74, 6) is 0. The van der Waals surface area contributed by atoms with E-state index in [9.17, 15) is 0 Å². The van der Waals surface area contributed by atoms with Crippen LogP contribution >= 0.6 is 0 Å². The molecule has 1 aromatic carbocycles. The molecular weight excluding hydrogens is 196 g/mol. The molecule has 1 aliphatic rings. The van der Waals surface area contributed by atoms with Gasteiger partial charge in [-0.25, -0.2) is 0 Å². The van der Waals surface area contributed by atoms with Gasteiger partial charge in [0.1, 0.15) is 0 Å². The zero-order valence-electron chi connectivity index (χ0n) is 9.39. The monoisotopic (exact) mass is 212 g/mol. The molecule has 1 aliphatic heterocycles. The Labute approximate surface area is 95.9 Å². The average molecular weight is 212 g/mol. The summed E-state index contributed by atoms with van der Waals surface area (Å²) in [7, 11) is 0. The lowest BCUT2D eigenvalue weighted by molar-refractivity contribution is 0.332. The van der Waals surface area contributed by atoms with E-state index < -0.39 is 0 Å². The number of nitrogens with zero attached hydrogens (tertiary/aromatic N) is 2. The number of pyridine rings is 1. The Balaban J connectivity index is 1.96. The number of aromatic nitrogens is 1. The number of hydrogen-bond acceptors (Lipinski definition) is 2. The van der Waals surface area contributed by atoms with Gasteiger partial charge in [0.05, 0.1) is 5.52 Å². The van der Waals surface area contributed by atoms with Gasteiger partial charge in [0.2, 0.25) is 0 Å². The average Bonchev–Trinajstić information content (AvgIpc) is 2.82. The van der Waals surface area contributed by atoms with Gasteiger partial charge in [-0.2, -0.15) is 0 Å². The number of benzene rings is 1. The second-order valence-corrected chi connectivity index (χ2v) is 4.47. The normalized spacial score (nSPS) is 17.0. The van der Waals surface area contributed by atoms with Crippen LogP contribution in [0, 0.1) is 0 Å². The van der Waals surface area contributed by atoms with Crippen molar-refractivity contribution in [3.63, 3.8) is 0 Å². The standard InChI is InChI=1S/C14H16N2/c1-2-10-16(9-1)11-12-5-3-7-14-13(12)6-4-8-15-14/h3-8H,1-2,9-11H2. The summed E-state index contributed by atoms with van der Waals surface area (Å²) in [6.45, 7) is 3.57. The summed E-state index contributed by atoms with van der Waals surface area (Å²) >= 11 is 0. The van der Waals surface area contributed by atoms with E-state index in [2.05, 4.69) is 34.1 Å². The Morgan fingerprint density at radius 1 is 1.06 bits per heavy atom. The van der Waals surface area contributed by atoms with Crippen molar-refractivity contribution in [1.82, 2.24) is 9.88 Å². The van der Waals surface area contributed by atoms with Crippen molar-refractivity contribution < 1.29 is 0 Å². The lowest BCUT2D eigenvalue weighted by Gasteiger charge is -2.15. The van der Waals surface area contributed by atoms with Crippen molar-refractivity contribution in [2.45, 2.75) is 19.4 Å². The summed E-state index contributed by atoms with van der Waals surface area (Å²) in [5, 5.41) is 1.30. The second-order valence-electron chi connectivity index (χ2n) is 4.47. The summed E-state index contributed by atoms with van der Waals surface area (Å²) in [6.07, 6.45) is 4.56. The number of rotatable bonds is 2. The third-order valence-corrected chi connectivity index (χ3v) is 3.33. The van der Waals surface area contributed by atoms with E-state index in [4.69, 9.17) is 0 Å². The maximum atomic E-state index is 4.40. The number of hydrogen-bond donors (Lipinski definition) is 0. The third-order valence-electron chi connectivity index (χ3n) is 3.33. The maximum Gasteiger partial charge on any atom is 0.0705 e. The van der Waals surface area contributed by atoms with Crippen LogP contribution in [0.1, 0.15) is 18.4 Å². The number of likely N-dealkylation sites (tertiary alicyclic amines) is 1. The molecule has 0 spiro atoms. The topological polar surface area (TPSA) is 16.1 Å². The molecule has 1 fully saturated rings. The molecule has 82 valence electrons. The second kappa shape index (κ2) is 4.22. The van der Waals surface area contributed by atoms with Gasteiger partial charge in [0, 0.05) is 18.1 Å². The van der Waals surface area contributed by atoms with Crippen LogP contribution in [0.25, 0.3) is 10.9 Å². The fraction of sp³-hybridized carbons (Fsp3) is 0.357. The molecule has 2 nitrogen and oxygen atoms in total. The summed E-state index contributed by atoms with van der Waals surface area (Å²) < 4.78 is 0. The minimum Gasteiger partial charge on any atom is -0.299 e. The van der Waals surface area contributed by atoms with E-state index in [1.807, 2.05) is 12.3 Å². The zero-order valence-corrected chi connectivity index (χ0v) is 9.39. The van der Waals surface area contributed by atoms with Gasteiger partial charge in [-0.3, -0.25) is 9.88 Å². The predicted molar refractivity (Wildman–Crippen MR) is 66.3 cm³/mol. The van der Waals surface area contributed by atoms with Crippen LogP contribution in [-0.4, -0.2) is 23.0 Å². The molecule has 0 unspecified atom stereocenters. The van der Waals surface area contributed by atoms with Gasteiger partial charge in [0.15, 0.2) is 0 Å². The van der Waals surface area contributed by atoms with E-state index in [0.29, 0.717) is 0 Å². The summed E-state index contributed by atoms with van der Waals surface area (Å²) in [5.41, 5.74) is 2.52. The predicted octanol–water partition coefficient (Wildman–Crippen LogP) is 2.83. The van der Waals surface area contributed by atoms with E-state index in [-0.39, 0.29) is 0 Å². The van der Waals surface area contributed by atoms with Crippen LogP contribution in [0.15, 0.2) is 36.5 Å². The summed E-state index contributed by atoms with van der Waals surface area (Å²) in [6, 6.07) is 10.6. The lowest BCUT2D eigenvalue weighted by atomic mass is 10.1. The van der Waals surface area contributed by atoms with Crippen molar-refractivity contribution in [2.75, 3.05) is 13.1 Å². The lowest BCUT2D eigenvalue weighted by Crippen LogP contribution is -2.18. The van der Waals surface area contributed by atoms with Crippen LogP contribution in [0.3, 0.4) is 0 Å². The molecular formula is C14H16N2. The molecule has 1 saturated heterocycles. The van der Waals surface area contributed by atoms with Gasteiger partial charge >= 0.3 is 0 Å². The largest absolute Gasteiger partial charge is 0.299 e. The van der Waals surface area contributed by atoms with E-state index in [1.165, 1.54) is 36.9 Å². The molecule has 3 rings (SSSR count). The first-order chi connectivity index (χ1) is 7.93. The highest BCUT2D eigenvalue weighted by Crippen LogP contribution is 2.20. The molecule has 0 atom stereocenters. The first-order valence-electron chi connectivity index (χ1n) is 5.98. The smallest absolute Gasteiger partial charge is 0.0705 e. The minimum absolute atomic E-state index is 1.07. The van der Waals surface area contributed by atoms with Crippen molar-refractivity contribution >= 4 is 10.9 Å². The fourth-order valence-corrected chi connectivity index (χ4v) is 2.49. The van der Waals surface area contributed by atoms with Crippen LogP contribution in [0.4, 0.5) is 0 Å². The molecule has 0 aliphatic carbocycles. The molecule has 0 N–H and O–H groups in total. The Bertz CT molecular complexity index is 482. The highest BCUT2D eigenvalue weighted by molar-refractivity contribution is 5.81. The maximum absolute atomic E-state index is 4.40. The SMILES string of the molecule is c1cc(CN2CCCC2)c2cccnc2c1. The molecule has 0 radical (unpaired) electrons. The third kappa shape index (κ3) is 1.81. The summed E-state index contributed by atoms with van der Waals surface area (Å²) in [4.78, 5) is 6.93. The molecule has 0 amide bonds. The van der Waals surface area contributed by atoms with Crippen molar-refractivity contribution in [2.24, 2.45) is 0 Å². The highest BCUT2D eigenvalue weighted by atomic mass is 15.1. The molecule has 2 heterocycles. The van der Waals surface area contributed by atoms with E-state index in [1.54, 1.807) is 0 Å². The minimum atomic E-state index is 1.07. The Kier molecular flexibility index (Phi) is 2.58. The van der Waals surface area contributed by atoms with Gasteiger partial charge in [-0.15, -0.1) is 0 Å². The number of fused-ring (bicyclic) bond motifs is 1. The first kappa shape index (κ1) is 9.79. The van der Waals surface area contributed by atoms with Crippen molar-refractivity contribution in [3.8, 4) is 0 Å². The molecule has 2 aromatic rings. The van der Waals surface area contributed by atoms with Gasteiger partial charge in [0.25, 0.3) is 0 Å². The fourth-order valence-electron chi connectivity index (χ4n) is 2.49. The Morgan fingerprint density at radius 3 is 2.81 bits per heavy atom. The molecule has 2 heteroatoms. The molecule has 0 saturated carbocycles. The van der Waals surface area contributed by atoms with Crippen LogP contribution in [0.5, 0.6) is 0 Å². The Morgan fingerprint density at radius 2 is 1.94 bits per heavy atom. The Hall–Kier alpha value is -1.41.